The lowest BCUT2D eigenvalue weighted by atomic mass is 9.84. The molecule has 0 fully saturated rings. The largest absolute Gasteiger partial charge is 0.497 e. The van der Waals surface area contributed by atoms with Gasteiger partial charge in [0, 0.05) is 37.4 Å². The maximum atomic E-state index is 12.2. The van der Waals surface area contributed by atoms with Gasteiger partial charge < -0.3 is 20.3 Å². The number of urea groups is 1. The van der Waals surface area contributed by atoms with Crippen molar-refractivity contribution >= 4 is 17.4 Å². The van der Waals surface area contributed by atoms with Gasteiger partial charge in [0.25, 0.3) is 0 Å². The van der Waals surface area contributed by atoms with Crippen molar-refractivity contribution in [3.63, 3.8) is 0 Å². The topological polar surface area (TPSA) is 53.6 Å². The zero-order valence-corrected chi connectivity index (χ0v) is 15.6. The van der Waals surface area contributed by atoms with E-state index in [0.29, 0.717) is 6.54 Å². The summed E-state index contributed by atoms with van der Waals surface area (Å²) in [6.45, 7) is 4.73. The van der Waals surface area contributed by atoms with Gasteiger partial charge in [0.2, 0.25) is 0 Å². The molecule has 0 spiro atoms. The third-order valence-electron chi connectivity index (χ3n) is 4.20. The third kappa shape index (κ3) is 5.14. The molecule has 2 aromatic carbocycles. The summed E-state index contributed by atoms with van der Waals surface area (Å²) in [5.41, 5.74) is 2.82. The minimum atomic E-state index is -0.209. The molecule has 0 atom stereocenters. The molecule has 134 valence electrons. The first kappa shape index (κ1) is 18.6. The van der Waals surface area contributed by atoms with E-state index in [9.17, 15) is 4.79 Å². The van der Waals surface area contributed by atoms with Crippen molar-refractivity contribution in [1.82, 2.24) is 5.32 Å². The van der Waals surface area contributed by atoms with Crippen molar-refractivity contribution in [3.8, 4) is 5.75 Å². The SMILES string of the molecule is COc1ccc(C(C)(C)CNC(=O)Nc2ccc(N(C)C)cc2)cc1. The fourth-order valence-corrected chi connectivity index (χ4v) is 2.46. The number of nitrogens with one attached hydrogen (secondary N) is 2. The number of benzene rings is 2. The molecule has 2 amide bonds. The van der Waals surface area contributed by atoms with Gasteiger partial charge in [0.1, 0.15) is 5.75 Å². The highest BCUT2D eigenvalue weighted by Crippen LogP contribution is 2.24. The first-order valence-corrected chi connectivity index (χ1v) is 8.28. The van der Waals surface area contributed by atoms with Gasteiger partial charge in [0.15, 0.2) is 0 Å². The van der Waals surface area contributed by atoms with Crippen LogP contribution in [0.15, 0.2) is 48.5 Å². The molecule has 0 saturated carbocycles. The average Bonchev–Trinajstić information content (AvgIpc) is 2.60. The predicted molar refractivity (Wildman–Crippen MR) is 104 cm³/mol. The normalized spacial score (nSPS) is 10.9. The summed E-state index contributed by atoms with van der Waals surface area (Å²) in [7, 11) is 5.61. The lowest BCUT2D eigenvalue weighted by Crippen LogP contribution is -2.38. The summed E-state index contributed by atoms with van der Waals surface area (Å²) in [5.74, 6) is 0.825. The smallest absolute Gasteiger partial charge is 0.319 e. The number of ether oxygens (including phenoxy) is 1. The quantitative estimate of drug-likeness (QED) is 0.839. The summed E-state index contributed by atoms with van der Waals surface area (Å²) >= 11 is 0. The molecule has 2 rings (SSSR count). The number of hydrogen-bond donors (Lipinski definition) is 2. The van der Waals surface area contributed by atoms with E-state index in [0.717, 1.165) is 22.7 Å². The Morgan fingerprint density at radius 3 is 2.16 bits per heavy atom. The number of anilines is 2. The molecule has 0 unspecified atom stereocenters. The Balaban J connectivity index is 1.91. The standard InChI is InChI=1S/C20H27N3O2/c1-20(2,15-6-12-18(25-5)13-7-15)14-21-19(24)22-16-8-10-17(11-9-16)23(3)4/h6-13H,14H2,1-5H3,(H2,21,22,24). The van der Waals surface area contributed by atoms with E-state index in [1.54, 1.807) is 7.11 Å². The molecule has 5 nitrogen and oxygen atoms in total. The lowest BCUT2D eigenvalue weighted by molar-refractivity contribution is 0.249. The molecule has 2 N–H and O–H groups in total. The molecule has 0 aliphatic carbocycles. The van der Waals surface area contributed by atoms with Crippen LogP contribution in [-0.4, -0.2) is 33.8 Å². The van der Waals surface area contributed by atoms with Crippen molar-refractivity contribution in [1.29, 1.82) is 0 Å². The number of carbonyl (C=O) groups is 1. The first-order chi connectivity index (χ1) is 11.8. The summed E-state index contributed by atoms with van der Waals surface area (Å²) in [5, 5.41) is 5.81. The van der Waals surface area contributed by atoms with Gasteiger partial charge in [-0.2, -0.15) is 0 Å². The van der Waals surface area contributed by atoms with E-state index in [2.05, 4.69) is 24.5 Å². The monoisotopic (exact) mass is 341 g/mol. The fourth-order valence-electron chi connectivity index (χ4n) is 2.46. The van der Waals surface area contributed by atoms with Gasteiger partial charge >= 0.3 is 6.03 Å². The van der Waals surface area contributed by atoms with Crippen molar-refractivity contribution in [3.05, 3.63) is 54.1 Å². The highest BCUT2D eigenvalue weighted by molar-refractivity contribution is 5.89. The van der Waals surface area contributed by atoms with Crippen LogP contribution in [0.4, 0.5) is 16.2 Å². The van der Waals surface area contributed by atoms with E-state index in [-0.39, 0.29) is 11.4 Å². The van der Waals surface area contributed by atoms with Crippen molar-refractivity contribution in [2.75, 3.05) is 38.0 Å². The van der Waals surface area contributed by atoms with E-state index in [4.69, 9.17) is 4.74 Å². The van der Waals surface area contributed by atoms with Gasteiger partial charge in [-0.25, -0.2) is 4.79 Å². The summed E-state index contributed by atoms with van der Waals surface area (Å²) in [6, 6.07) is 15.4. The van der Waals surface area contributed by atoms with E-state index < -0.39 is 0 Å². The molecule has 0 aliphatic rings. The van der Waals surface area contributed by atoms with Gasteiger partial charge in [-0.3, -0.25) is 0 Å². The second-order valence-electron chi connectivity index (χ2n) is 6.86. The minimum Gasteiger partial charge on any atom is -0.497 e. The van der Waals surface area contributed by atoms with E-state index in [1.165, 1.54) is 0 Å². The van der Waals surface area contributed by atoms with Crippen molar-refractivity contribution in [2.45, 2.75) is 19.3 Å². The van der Waals surface area contributed by atoms with Crippen molar-refractivity contribution < 1.29 is 9.53 Å². The Morgan fingerprint density at radius 1 is 1.04 bits per heavy atom. The van der Waals surface area contributed by atoms with Gasteiger partial charge in [-0.05, 0) is 42.0 Å². The van der Waals surface area contributed by atoms with Crippen LogP contribution in [0.2, 0.25) is 0 Å². The van der Waals surface area contributed by atoms with Crippen LogP contribution in [0.25, 0.3) is 0 Å². The second-order valence-corrected chi connectivity index (χ2v) is 6.86. The molecule has 2 aromatic rings. The number of rotatable bonds is 6. The Bertz CT molecular complexity index is 692. The zero-order chi connectivity index (χ0) is 18.4. The van der Waals surface area contributed by atoms with Crippen LogP contribution < -0.4 is 20.3 Å². The zero-order valence-electron chi connectivity index (χ0n) is 15.6. The molecular formula is C20H27N3O2. The predicted octanol–water partition coefficient (Wildman–Crippen LogP) is 3.86. The lowest BCUT2D eigenvalue weighted by Gasteiger charge is -2.26. The molecule has 0 aromatic heterocycles. The summed E-state index contributed by atoms with van der Waals surface area (Å²) in [4.78, 5) is 14.2. The molecule has 5 heteroatoms. The molecule has 0 heterocycles. The van der Waals surface area contributed by atoms with Gasteiger partial charge in [-0.1, -0.05) is 26.0 Å². The van der Waals surface area contributed by atoms with Crippen LogP contribution in [-0.2, 0) is 5.41 Å². The molecule has 0 radical (unpaired) electrons. The summed E-state index contributed by atoms with van der Waals surface area (Å²) < 4.78 is 5.19. The Hall–Kier alpha value is -2.69. The van der Waals surface area contributed by atoms with Crippen LogP contribution in [0.3, 0.4) is 0 Å². The molecule has 25 heavy (non-hydrogen) atoms. The molecule has 0 bridgehead atoms. The van der Waals surface area contributed by atoms with Crippen LogP contribution in [0, 0.1) is 0 Å². The fraction of sp³-hybridized carbons (Fsp3) is 0.350. The highest BCUT2D eigenvalue weighted by Gasteiger charge is 2.21. The van der Waals surface area contributed by atoms with Crippen molar-refractivity contribution in [2.24, 2.45) is 0 Å². The van der Waals surface area contributed by atoms with Crippen LogP contribution in [0.1, 0.15) is 19.4 Å². The first-order valence-electron chi connectivity index (χ1n) is 8.28. The third-order valence-corrected chi connectivity index (χ3v) is 4.20. The number of methoxy groups -OCH3 is 1. The second kappa shape index (κ2) is 7.92. The van der Waals surface area contributed by atoms with Gasteiger partial charge in [0.05, 0.1) is 7.11 Å². The number of nitrogens with zero attached hydrogens (tertiary/aromatic N) is 1. The number of amides is 2. The average molecular weight is 341 g/mol. The number of hydrogen-bond acceptors (Lipinski definition) is 3. The highest BCUT2D eigenvalue weighted by atomic mass is 16.5. The molecule has 0 aliphatic heterocycles. The molecule has 0 saturated heterocycles. The van der Waals surface area contributed by atoms with E-state index in [1.807, 2.05) is 67.5 Å². The maximum Gasteiger partial charge on any atom is 0.319 e. The summed E-state index contributed by atoms with van der Waals surface area (Å²) in [6.07, 6.45) is 0. The van der Waals surface area contributed by atoms with Crippen LogP contribution in [0.5, 0.6) is 5.75 Å². The Labute approximate surface area is 150 Å². The maximum absolute atomic E-state index is 12.2. The van der Waals surface area contributed by atoms with Gasteiger partial charge in [-0.15, -0.1) is 0 Å². The van der Waals surface area contributed by atoms with Crippen LogP contribution >= 0.6 is 0 Å². The van der Waals surface area contributed by atoms with E-state index >= 15 is 0 Å². The molecular weight excluding hydrogens is 314 g/mol. The Morgan fingerprint density at radius 2 is 1.64 bits per heavy atom. The minimum absolute atomic E-state index is 0.182. The number of carbonyl (C=O) groups excluding carboxylic acids is 1. The Kier molecular flexibility index (Phi) is 5.91.